The third-order valence-electron chi connectivity index (χ3n) is 2.35. The van der Waals surface area contributed by atoms with Crippen LogP contribution in [0.25, 0.3) is 0 Å². The van der Waals surface area contributed by atoms with E-state index in [2.05, 4.69) is 31.9 Å². The summed E-state index contributed by atoms with van der Waals surface area (Å²) in [5.41, 5.74) is 0.560. The number of rotatable bonds is 5. The monoisotopic (exact) mass is 379 g/mol. The van der Waals surface area contributed by atoms with Crippen LogP contribution in [-0.4, -0.2) is 49.3 Å². The van der Waals surface area contributed by atoms with Crippen LogP contribution in [0.5, 0.6) is 0 Å². The van der Waals surface area contributed by atoms with Gasteiger partial charge in [-0.3, -0.25) is 4.79 Å². The van der Waals surface area contributed by atoms with Gasteiger partial charge in [-0.05, 0) is 34.1 Å². The predicted octanol–water partition coefficient (Wildman–Crippen LogP) is 2.29. The Morgan fingerprint density at radius 3 is 2.72 bits per heavy atom. The van der Waals surface area contributed by atoms with Crippen molar-refractivity contribution in [1.82, 2.24) is 4.90 Å². The molecule has 1 N–H and O–H groups in total. The Labute approximate surface area is 123 Å². The van der Waals surface area contributed by atoms with Gasteiger partial charge >= 0.3 is 0 Å². The molecule has 0 aliphatic heterocycles. The smallest absolute Gasteiger partial charge is 0.254 e. The van der Waals surface area contributed by atoms with E-state index in [4.69, 9.17) is 4.74 Å². The van der Waals surface area contributed by atoms with Gasteiger partial charge in [-0.1, -0.05) is 15.9 Å². The molecule has 1 amide bonds. The molecule has 6 heteroatoms. The summed E-state index contributed by atoms with van der Waals surface area (Å²) < 4.78 is 6.44. The van der Waals surface area contributed by atoms with E-state index in [0.717, 1.165) is 8.95 Å². The largest absolute Gasteiger partial charge is 0.389 e. The predicted molar refractivity (Wildman–Crippen MR) is 76.7 cm³/mol. The Hall–Kier alpha value is -0.430. The minimum absolute atomic E-state index is 0.149. The summed E-state index contributed by atoms with van der Waals surface area (Å²) in [6.45, 7) is 0.439. The number of likely N-dealkylation sites (N-methyl/N-ethyl adjacent to an activating group) is 1. The quantitative estimate of drug-likeness (QED) is 0.852. The molecule has 0 spiro atoms. The average molecular weight is 381 g/mol. The highest BCUT2D eigenvalue weighted by molar-refractivity contribution is 9.11. The summed E-state index contributed by atoms with van der Waals surface area (Å²) in [4.78, 5) is 13.6. The van der Waals surface area contributed by atoms with E-state index < -0.39 is 6.10 Å². The topological polar surface area (TPSA) is 49.8 Å². The Morgan fingerprint density at radius 2 is 2.17 bits per heavy atom. The molecule has 1 rings (SSSR count). The van der Waals surface area contributed by atoms with E-state index in [9.17, 15) is 9.90 Å². The van der Waals surface area contributed by atoms with Crippen molar-refractivity contribution in [2.45, 2.75) is 6.10 Å². The molecule has 0 bridgehead atoms. The maximum Gasteiger partial charge on any atom is 0.254 e. The van der Waals surface area contributed by atoms with Crippen molar-refractivity contribution in [1.29, 1.82) is 0 Å². The van der Waals surface area contributed by atoms with Crippen molar-refractivity contribution in [3.8, 4) is 0 Å². The van der Waals surface area contributed by atoms with E-state index in [1.54, 1.807) is 19.2 Å². The van der Waals surface area contributed by atoms with Crippen LogP contribution in [0.3, 0.4) is 0 Å². The Kier molecular flexibility index (Phi) is 6.28. The molecule has 0 aliphatic rings. The van der Waals surface area contributed by atoms with Gasteiger partial charge in [-0.15, -0.1) is 0 Å². The third-order valence-corrected chi connectivity index (χ3v) is 3.50. The van der Waals surface area contributed by atoms with Crippen molar-refractivity contribution in [3.05, 3.63) is 32.7 Å². The van der Waals surface area contributed by atoms with Crippen LogP contribution in [-0.2, 0) is 4.74 Å². The average Bonchev–Trinajstić information content (AvgIpc) is 2.28. The fourth-order valence-electron chi connectivity index (χ4n) is 1.51. The minimum Gasteiger partial charge on any atom is -0.389 e. The second-order valence-electron chi connectivity index (χ2n) is 3.92. The van der Waals surface area contributed by atoms with Gasteiger partial charge in [0.2, 0.25) is 0 Å². The summed E-state index contributed by atoms with van der Waals surface area (Å²) >= 11 is 6.68. The van der Waals surface area contributed by atoms with E-state index in [-0.39, 0.29) is 19.1 Å². The van der Waals surface area contributed by atoms with E-state index >= 15 is 0 Å². The normalized spacial score (nSPS) is 12.3. The number of ether oxygens (including phenoxy) is 1. The van der Waals surface area contributed by atoms with Crippen LogP contribution >= 0.6 is 31.9 Å². The van der Waals surface area contributed by atoms with Crippen LogP contribution in [0, 0.1) is 0 Å². The molecule has 1 aromatic rings. The van der Waals surface area contributed by atoms with Gasteiger partial charge in [-0.2, -0.15) is 0 Å². The van der Waals surface area contributed by atoms with Crippen LogP contribution in [0.1, 0.15) is 10.4 Å². The first-order chi connectivity index (χ1) is 8.45. The van der Waals surface area contributed by atoms with Crippen molar-refractivity contribution in [3.63, 3.8) is 0 Å². The van der Waals surface area contributed by atoms with Gasteiger partial charge in [-0.25, -0.2) is 0 Å². The lowest BCUT2D eigenvalue weighted by atomic mass is 10.2. The number of aliphatic hydroxyl groups is 1. The van der Waals surface area contributed by atoms with Crippen molar-refractivity contribution in [2.75, 3.05) is 27.3 Å². The molecule has 1 aromatic carbocycles. The van der Waals surface area contributed by atoms with Gasteiger partial charge in [0.1, 0.15) is 0 Å². The van der Waals surface area contributed by atoms with Gasteiger partial charge in [0.05, 0.1) is 18.3 Å². The lowest BCUT2D eigenvalue weighted by molar-refractivity contribution is 0.0380. The Morgan fingerprint density at radius 1 is 1.50 bits per heavy atom. The number of amides is 1. The third kappa shape index (κ3) is 4.35. The molecule has 0 radical (unpaired) electrons. The first-order valence-corrected chi connectivity index (χ1v) is 6.91. The summed E-state index contributed by atoms with van der Waals surface area (Å²) in [6.07, 6.45) is -0.682. The molecule has 100 valence electrons. The number of hydrogen-bond donors (Lipinski definition) is 1. The lowest BCUT2D eigenvalue weighted by Gasteiger charge is -2.21. The van der Waals surface area contributed by atoms with Crippen molar-refractivity contribution in [2.24, 2.45) is 0 Å². The van der Waals surface area contributed by atoms with Gasteiger partial charge in [0, 0.05) is 29.6 Å². The molecular formula is C12H15Br2NO3. The van der Waals surface area contributed by atoms with Gasteiger partial charge in [0.15, 0.2) is 0 Å². The number of halogens is 2. The standard InChI is InChI=1S/C12H15Br2NO3/c1-15(6-9(16)7-18-2)12(17)10-4-3-8(13)5-11(10)14/h3-5,9,16H,6-7H2,1-2H3. The zero-order valence-corrected chi connectivity index (χ0v) is 13.4. The van der Waals surface area contributed by atoms with Crippen LogP contribution in [0.15, 0.2) is 27.1 Å². The van der Waals surface area contributed by atoms with Crippen LogP contribution in [0.2, 0.25) is 0 Å². The van der Waals surface area contributed by atoms with Crippen molar-refractivity contribution < 1.29 is 14.6 Å². The van der Waals surface area contributed by atoms with Gasteiger partial charge < -0.3 is 14.7 Å². The lowest BCUT2D eigenvalue weighted by Crippen LogP contribution is -2.36. The molecule has 1 unspecified atom stereocenters. The highest BCUT2D eigenvalue weighted by atomic mass is 79.9. The van der Waals surface area contributed by atoms with E-state index in [1.165, 1.54) is 12.0 Å². The first kappa shape index (κ1) is 15.6. The molecule has 18 heavy (non-hydrogen) atoms. The van der Waals surface area contributed by atoms with Crippen LogP contribution in [0.4, 0.5) is 0 Å². The number of methoxy groups -OCH3 is 1. The van der Waals surface area contributed by atoms with E-state index in [0.29, 0.717) is 5.56 Å². The maximum absolute atomic E-state index is 12.1. The summed E-state index contributed by atoms with van der Waals surface area (Å²) in [6, 6.07) is 5.35. The highest BCUT2D eigenvalue weighted by Crippen LogP contribution is 2.22. The molecule has 0 fully saturated rings. The zero-order valence-electron chi connectivity index (χ0n) is 10.2. The number of aliphatic hydroxyl groups excluding tert-OH is 1. The number of carbonyl (C=O) groups is 1. The van der Waals surface area contributed by atoms with Crippen molar-refractivity contribution >= 4 is 37.8 Å². The molecule has 0 heterocycles. The Bertz CT molecular complexity index is 426. The highest BCUT2D eigenvalue weighted by Gasteiger charge is 2.17. The fourth-order valence-corrected chi connectivity index (χ4v) is 2.73. The molecule has 0 aliphatic carbocycles. The SMILES string of the molecule is COCC(O)CN(C)C(=O)c1ccc(Br)cc1Br. The number of carbonyl (C=O) groups excluding carboxylic acids is 1. The number of nitrogens with zero attached hydrogens (tertiary/aromatic N) is 1. The molecule has 0 saturated carbocycles. The van der Waals surface area contributed by atoms with Crippen LogP contribution < -0.4 is 0 Å². The second-order valence-corrected chi connectivity index (χ2v) is 5.69. The molecule has 0 saturated heterocycles. The Balaban J connectivity index is 2.74. The summed E-state index contributed by atoms with van der Waals surface area (Å²) in [7, 11) is 3.16. The molecule has 0 aromatic heterocycles. The number of hydrogen-bond acceptors (Lipinski definition) is 3. The number of benzene rings is 1. The molecular weight excluding hydrogens is 366 g/mol. The van der Waals surface area contributed by atoms with E-state index in [1.807, 2.05) is 6.07 Å². The summed E-state index contributed by atoms with van der Waals surface area (Å²) in [5, 5.41) is 9.59. The zero-order chi connectivity index (χ0) is 13.7. The second kappa shape index (κ2) is 7.23. The minimum atomic E-state index is -0.682. The molecule has 1 atom stereocenters. The van der Waals surface area contributed by atoms with Gasteiger partial charge in [0.25, 0.3) is 5.91 Å². The molecule has 4 nitrogen and oxygen atoms in total. The maximum atomic E-state index is 12.1. The first-order valence-electron chi connectivity index (χ1n) is 5.33. The fraction of sp³-hybridized carbons (Fsp3) is 0.417. The summed E-state index contributed by atoms with van der Waals surface area (Å²) in [5.74, 6) is -0.149.